The van der Waals surface area contributed by atoms with E-state index >= 15 is 0 Å². The first kappa shape index (κ1) is 28.8. The second kappa shape index (κ2) is 11.7. The third kappa shape index (κ3) is 5.43. The van der Waals surface area contributed by atoms with Gasteiger partial charge in [-0.3, -0.25) is 4.79 Å². The number of carbonyl (C=O) groups excluding carboxylic acids is 1. The highest BCUT2D eigenvalue weighted by molar-refractivity contribution is 6.33. The van der Waals surface area contributed by atoms with E-state index in [1.807, 2.05) is 12.1 Å². The lowest BCUT2D eigenvalue weighted by Crippen LogP contribution is -2.55. The number of piperazine rings is 1. The summed E-state index contributed by atoms with van der Waals surface area (Å²) in [5, 5.41) is 10.3. The fourth-order valence-corrected chi connectivity index (χ4v) is 7.95. The van der Waals surface area contributed by atoms with Gasteiger partial charge in [0.1, 0.15) is 12.4 Å². The summed E-state index contributed by atoms with van der Waals surface area (Å²) >= 11 is 6.61. The Morgan fingerprint density at radius 1 is 1.24 bits per heavy atom. The van der Waals surface area contributed by atoms with Gasteiger partial charge in [0.2, 0.25) is 5.91 Å². The number of anilines is 2. The molecule has 3 atom stereocenters. The largest absolute Gasteiger partial charge is 0.462 e. The van der Waals surface area contributed by atoms with E-state index in [1.54, 1.807) is 4.90 Å². The molecule has 1 spiro atoms. The van der Waals surface area contributed by atoms with Crippen molar-refractivity contribution in [3.63, 3.8) is 0 Å². The van der Waals surface area contributed by atoms with Crippen LogP contribution in [0.5, 0.6) is 6.01 Å². The van der Waals surface area contributed by atoms with Crippen LogP contribution in [-0.4, -0.2) is 91.2 Å². The molecule has 1 aromatic carbocycles. The number of benzene rings is 1. The van der Waals surface area contributed by atoms with Gasteiger partial charge in [0.05, 0.1) is 34.9 Å². The van der Waals surface area contributed by atoms with E-state index < -0.39 is 0 Å². The molecule has 2 fully saturated rings. The van der Waals surface area contributed by atoms with E-state index in [0.29, 0.717) is 38.3 Å². The van der Waals surface area contributed by atoms with E-state index in [1.165, 1.54) is 23.6 Å². The highest BCUT2D eigenvalue weighted by atomic mass is 35.5. The van der Waals surface area contributed by atoms with E-state index in [-0.39, 0.29) is 23.8 Å². The number of hydrogen-bond acceptors (Lipinski definition) is 8. The van der Waals surface area contributed by atoms with Crippen LogP contribution in [0.4, 0.5) is 11.5 Å². The summed E-state index contributed by atoms with van der Waals surface area (Å²) in [7, 11) is 4.28. The molecule has 4 aliphatic rings. The molecule has 2 aromatic rings. The molecule has 2 unspecified atom stereocenters. The van der Waals surface area contributed by atoms with Crippen LogP contribution >= 0.6 is 11.6 Å². The molecule has 0 bridgehead atoms. The molecule has 9 nitrogen and oxygen atoms in total. The number of likely N-dealkylation sites (tertiary alicyclic amines) is 1. The summed E-state index contributed by atoms with van der Waals surface area (Å²) in [4.78, 5) is 31.3. The number of amides is 1. The number of nitriles is 1. The molecule has 0 radical (unpaired) electrons. The lowest BCUT2D eigenvalue weighted by Gasteiger charge is -2.47. The van der Waals surface area contributed by atoms with Gasteiger partial charge < -0.3 is 24.3 Å². The molecule has 6 rings (SSSR count). The normalized spacial score (nSPS) is 25.6. The fourth-order valence-electron chi connectivity index (χ4n) is 7.61. The van der Waals surface area contributed by atoms with Crippen molar-refractivity contribution in [2.45, 2.75) is 57.0 Å². The van der Waals surface area contributed by atoms with Crippen molar-refractivity contribution in [2.75, 3.05) is 63.2 Å². The molecule has 0 N–H and O–H groups in total. The van der Waals surface area contributed by atoms with Crippen molar-refractivity contribution < 1.29 is 9.53 Å². The molecule has 42 heavy (non-hydrogen) atoms. The quantitative estimate of drug-likeness (QED) is 0.469. The smallest absolute Gasteiger partial charge is 0.318 e. The molecule has 3 aliphatic heterocycles. The summed E-state index contributed by atoms with van der Waals surface area (Å²) in [6.07, 6.45) is 7.58. The van der Waals surface area contributed by atoms with Crippen LogP contribution in [0.1, 0.15) is 42.5 Å². The summed E-state index contributed by atoms with van der Waals surface area (Å²) in [5.41, 5.74) is 4.70. The zero-order chi connectivity index (χ0) is 29.4. The van der Waals surface area contributed by atoms with Crippen LogP contribution in [0.2, 0.25) is 5.02 Å². The molecule has 0 saturated carbocycles. The molecule has 1 aliphatic carbocycles. The fraction of sp³-hybridized carbons (Fsp3) is 0.562. The highest BCUT2D eigenvalue weighted by Gasteiger charge is 2.43. The molecule has 1 amide bonds. The zero-order valence-electron chi connectivity index (χ0n) is 24.7. The molecule has 10 heteroatoms. The van der Waals surface area contributed by atoms with Crippen molar-refractivity contribution in [3.05, 3.63) is 52.7 Å². The van der Waals surface area contributed by atoms with Gasteiger partial charge in [-0.2, -0.15) is 15.2 Å². The minimum Gasteiger partial charge on any atom is -0.462 e. The van der Waals surface area contributed by atoms with Crippen molar-refractivity contribution in [2.24, 2.45) is 5.41 Å². The number of likely N-dealkylation sites (N-methyl/N-ethyl adjacent to an activating group) is 1. The first-order chi connectivity index (χ1) is 20.3. The van der Waals surface area contributed by atoms with Gasteiger partial charge in [-0.1, -0.05) is 30.3 Å². The van der Waals surface area contributed by atoms with Crippen LogP contribution in [0, 0.1) is 16.7 Å². The third-order valence-electron chi connectivity index (χ3n) is 9.73. The standard InChI is InChI=1S/C32H40ClN7O2/c1-4-28(41)40-16-15-39(19-23(40)11-13-34)30-25-10-12-32(17-22-7-5-9-26(33)29(22)38(3)21-32)18-27(25)35-31(36-30)42-20-24-8-6-14-37(24)2/h4-5,7,9,23-24H,1,6,8,10-12,14-21H2,2-3H3/t23?,24?,32-/m0/s1. The number of carbonyl (C=O) groups is 1. The van der Waals surface area contributed by atoms with Crippen molar-refractivity contribution in [1.29, 1.82) is 5.26 Å². The van der Waals surface area contributed by atoms with Gasteiger partial charge in [-0.05, 0) is 75.2 Å². The molecular weight excluding hydrogens is 550 g/mol. The maximum absolute atomic E-state index is 12.5. The number of fused-ring (bicyclic) bond motifs is 2. The van der Waals surface area contributed by atoms with E-state index in [2.05, 4.69) is 47.5 Å². The monoisotopic (exact) mass is 589 g/mol. The van der Waals surface area contributed by atoms with Gasteiger partial charge >= 0.3 is 6.01 Å². The van der Waals surface area contributed by atoms with E-state index in [9.17, 15) is 10.1 Å². The minimum absolute atomic E-state index is 0.0480. The Morgan fingerprint density at radius 3 is 2.86 bits per heavy atom. The van der Waals surface area contributed by atoms with Crippen molar-refractivity contribution >= 4 is 29.0 Å². The second-order valence-corrected chi connectivity index (χ2v) is 12.9. The number of hydrogen-bond donors (Lipinski definition) is 0. The van der Waals surface area contributed by atoms with Gasteiger partial charge in [0.15, 0.2) is 0 Å². The van der Waals surface area contributed by atoms with Gasteiger partial charge in [-0.15, -0.1) is 0 Å². The third-order valence-corrected chi connectivity index (χ3v) is 10.0. The Kier molecular flexibility index (Phi) is 8.03. The van der Waals surface area contributed by atoms with Crippen LogP contribution < -0.4 is 14.5 Å². The topological polar surface area (TPSA) is 88.8 Å². The number of rotatable bonds is 6. The molecule has 2 saturated heterocycles. The first-order valence-electron chi connectivity index (χ1n) is 15.1. The Bertz CT molecular complexity index is 1410. The molecular formula is C32H40ClN7O2. The van der Waals surface area contributed by atoms with Crippen LogP contribution in [-0.2, 0) is 24.1 Å². The summed E-state index contributed by atoms with van der Waals surface area (Å²) in [6, 6.07) is 9.05. The lowest BCUT2D eigenvalue weighted by molar-refractivity contribution is -0.128. The summed E-state index contributed by atoms with van der Waals surface area (Å²) < 4.78 is 6.33. The number of halogens is 1. The predicted octanol–water partition coefficient (Wildman–Crippen LogP) is 3.89. The Morgan fingerprint density at radius 2 is 2.10 bits per heavy atom. The van der Waals surface area contributed by atoms with Crippen LogP contribution in [0.3, 0.4) is 0 Å². The lowest BCUT2D eigenvalue weighted by atomic mass is 9.67. The maximum Gasteiger partial charge on any atom is 0.318 e. The number of nitrogens with zero attached hydrogens (tertiary/aromatic N) is 7. The number of aromatic nitrogens is 2. The van der Waals surface area contributed by atoms with Crippen LogP contribution in [0.25, 0.3) is 0 Å². The van der Waals surface area contributed by atoms with E-state index in [0.717, 1.165) is 67.4 Å². The Labute approximate surface area is 253 Å². The minimum atomic E-state index is -0.223. The summed E-state index contributed by atoms with van der Waals surface area (Å²) in [5.74, 6) is 0.763. The highest BCUT2D eigenvalue weighted by Crippen LogP contribution is 2.47. The average Bonchev–Trinajstić information content (AvgIpc) is 3.39. The SMILES string of the molecule is C=CC(=O)N1CCN(c2nc(OCC3CCCN3C)nc3c2CC[C@]2(Cc4cccc(Cl)c4N(C)C2)C3)CC1CC#N. The molecule has 4 heterocycles. The van der Waals surface area contributed by atoms with Gasteiger partial charge in [0.25, 0.3) is 0 Å². The summed E-state index contributed by atoms with van der Waals surface area (Å²) in [6.45, 7) is 7.92. The van der Waals surface area contributed by atoms with Crippen molar-refractivity contribution in [1.82, 2.24) is 19.8 Å². The predicted molar refractivity (Wildman–Crippen MR) is 164 cm³/mol. The number of para-hydroxylation sites is 1. The Balaban J connectivity index is 1.32. The zero-order valence-corrected chi connectivity index (χ0v) is 25.4. The van der Waals surface area contributed by atoms with Crippen LogP contribution in [0.15, 0.2) is 30.9 Å². The second-order valence-electron chi connectivity index (χ2n) is 12.5. The maximum atomic E-state index is 12.5. The van der Waals surface area contributed by atoms with Gasteiger partial charge in [-0.25, -0.2) is 0 Å². The molecule has 1 aromatic heterocycles. The Hall–Kier alpha value is -3.35. The number of ether oxygens (including phenoxy) is 1. The van der Waals surface area contributed by atoms with E-state index in [4.69, 9.17) is 26.3 Å². The first-order valence-corrected chi connectivity index (χ1v) is 15.4. The average molecular weight is 590 g/mol. The van der Waals surface area contributed by atoms with Crippen molar-refractivity contribution in [3.8, 4) is 12.1 Å². The van der Waals surface area contributed by atoms with Gasteiger partial charge in [0, 0.05) is 44.8 Å². The molecule has 222 valence electrons.